The molecule has 0 aromatic carbocycles. The van der Waals surface area contributed by atoms with Gasteiger partial charge in [-0.25, -0.2) is 0 Å². The molecule has 0 bridgehead atoms. The van der Waals surface area contributed by atoms with Gasteiger partial charge in [-0.05, 0) is 19.3 Å². The Kier molecular flexibility index (Phi) is 13.5. The molecular weight excluding hydrogens is 180 g/mol. The maximum Gasteiger partial charge on any atom is -0.0351 e. The van der Waals surface area contributed by atoms with Gasteiger partial charge in [0.15, 0.2) is 0 Å². The van der Waals surface area contributed by atoms with E-state index in [2.05, 4.69) is 26.0 Å². The maximum absolute atomic E-state index is 2.38. The Hall–Kier alpha value is -0.260. The summed E-state index contributed by atoms with van der Waals surface area (Å²) in [5.41, 5.74) is 0. The van der Waals surface area contributed by atoms with Crippen LogP contribution in [0.15, 0.2) is 12.2 Å². The average molecular weight is 210 g/mol. The van der Waals surface area contributed by atoms with E-state index in [0.29, 0.717) is 0 Å². The molecule has 0 saturated carbocycles. The van der Waals surface area contributed by atoms with Crippen molar-refractivity contribution in [3.05, 3.63) is 12.2 Å². The first-order chi connectivity index (χ1) is 7.41. The van der Waals surface area contributed by atoms with Crippen LogP contribution in [-0.2, 0) is 0 Å². The Morgan fingerprint density at radius 1 is 0.533 bits per heavy atom. The minimum absolute atomic E-state index is 1.28. The van der Waals surface area contributed by atoms with Gasteiger partial charge in [0.2, 0.25) is 0 Å². The summed E-state index contributed by atoms with van der Waals surface area (Å²) in [4.78, 5) is 0. The van der Waals surface area contributed by atoms with Crippen molar-refractivity contribution in [3.63, 3.8) is 0 Å². The minimum atomic E-state index is 1.28. The fraction of sp³-hybridized carbons (Fsp3) is 0.867. The number of hydrogen-bond donors (Lipinski definition) is 0. The zero-order valence-electron chi connectivity index (χ0n) is 10.9. The van der Waals surface area contributed by atoms with Gasteiger partial charge in [-0.2, -0.15) is 0 Å². The second-order valence-corrected chi connectivity index (χ2v) is 4.52. The molecule has 0 aliphatic heterocycles. The van der Waals surface area contributed by atoms with E-state index in [4.69, 9.17) is 0 Å². The summed E-state index contributed by atoms with van der Waals surface area (Å²) in [6.07, 6.45) is 20.0. The highest BCUT2D eigenvalue weighted by Crippen LogP contribution is 2.08. The smallest absolute Gasteiger partial charge is 0.0351 e. The topological polar surface area (TPSA) is 0 Å². The number of hydrogen-bond acceptors (Lipinski definition) is 0. The fourth-order valence-electron chi connectivity index (χ4n) is 1.78. The molecule has 0 N–H and O–H groups in total. The normalized spacial score (nSPS) is 11.3. The summed E-state index contributed by atoms with van der Waals surface area (Å²) in [6.45, 7) is 4.53. The Labute approximate surface area is 97.2 Å². The summed E-state index contributed by atoms with van der Waals surface area (Å²) in [6, 6.07) is 0. The van der Waals surface area contributed by atoms with E-state index >= 15 is 0 Å². The maximum atomic E-state index is 2.38. The molecule has 0 aliphatic carbocycles. The molecule has 0 nitrogen and oxygen atoms in total. The Morgan fingerprint density at radius 2 is 1.00 bits per heavy atom. The zero-order valence-corrected chi connectivity index (χ0v) is 10.9. The first kappa shape index (κ1) is 14.7. The van der Waals surface area contributed by atoms with Crippen LogP contribution in [0.3, 0.4) is 0 Å². The highest BCUT2D eigenvalue weighted by atomic mass is 14.0. The van der Waals surface area contributed by atoms with Crippen LogP contribution >= 0.6 is 0 Å². The highest BCUT2D eigenvalue weighted by molar-refractivity contribution is 4.80. The second kappa shape index (κ2) is 13.7. The summed E-state index contributed by atoms with van der Waals surface area (Å²) in [5, 5.41) is 0. The molecule has 0 aromatic heterocycles. The second-order valence-electron chi connectivity index (χ2n) is 4.52. The number of unbranched alkanes of at least 4 members (excludes halogenated alkanes) is 9. The lowest BCUT2D eigenvalue weighted by molar-refractivity contribution is 0.592. The first-order valence-electron chi connectivity index (χ1n) is 7.06. The predicted octanol–water partition coefficient (Wildman–Crippen LogP) is 5.87. The van der Waals surface area contributed by atoms with E-state index < -0.39 is 0 Å². The lowest BCUT2D eigenvalue weighted by Gasteiger charge is -1.98. The van der Waals surface area contributed by atoms with Crippen molar-refractivity contribution in [2.75, 3.05) is 0 Å². The van der Waals surface area contributed by atoms with Gasteiger partial charge >= 0.3 is 0 Å². The molecule has 0 radical (unpaired) electrons. The van der Waals surface area contributed by atoms with Gasteiger partial charge in [-0.3, -0.25) is 0 Å². The molecule has 0 aromatic rings. The lowest BCUT2D eigenvalue weighted by atomic mass is 10.1. The molecule has 0 heterocycles. The van der Waals surface area contributed by atoms with Crippen molar-refractivity contribution in [3.8, 4) is 0 Å². The van der Waals surface area contributed by atoms with Crippen LogP contribution in [0, 0.1) is 0 Å². The molecular formula is C15H30. The quantitative estimate of drug-likeness (QED) is 0.295. The van der Waals surface area contributed by atoms with E-state index in [1.165, 1.54) is 70.6 Å². The van der Waals surface area contributed by atoms with E-state index in [1.54, 1.807) is 0 Å². The molecule has 15 heavy (non-hydrogen) atoms. The van der Waals surface area contributed by atoms with E-state index in [-0.39, 0.29) is 0 Å². The van der Waals surface area contributed by atoms with Gasteiger partial charge in [-0.1, -0.05) is 77.4 Å². The third-order valence-electron chi connectivity index (χ3n) is 2.87. The average Bonchev–Trinajstić information content (AvgIpc) is 2.26. The van der Waals surface area contributed by atoms with E-state index in [0.717, 1.165) is 0 Å². The van der Waals surface area contributed by atoms with Gasteiger partial charge in [0.1, 0.15) is 0 Å². The van der Waals surface area contributed by atoms with E-state index in [1.807, 2.05) is 0 Å². The van der Waals surface area contributed by atoms with Gasteiger partial charge in [0, 0.05) is 0 Å². The van der Waals surface area contributed by atoms with Crippen LogP contribution < -0.4 is 0 Å². The van der Waals surface area contributed by atoms with Crippen molar-refractivity contribution in [2.24, 2.45) is 0 Å². The molecule has 0 fully saturated rings. The molecule has 0 atom stereocenters. The first-order valence-corrected chi connectivity index (χ1v) is 7.06. The fourth-order valence-corrected chi connectivity index (χ4v) is 1.78. The summed E-state index contributed by atoms with van der Waals surface area (Å²) in [5.74, 6) is 0. The van der Waals surface area contributed by atoms with E-state index in [9.17, 15) is 0 Å². The lowest BCUT2D eigenvalue weighted by Crippen LogP contribution is -1.78. The van der Waals surface area contributed by atoms with Crippen molar-refractivity contribution in [1.29, 1.82) is 0 Å². The monoisotopic (exact) mass is 210 g/mol. The molecule has 0 amide bonds. The Morgan fingerprint density at radius 3 is 1.60 bits per heavy atom. The van der Waals surface area contributed by atoms with Crippen LogP contribution in [0.5, 0.6) is 0 Å². The van der Waals surface area contributed by atoms with Crippen molar-refractivity contribution in [2.45, 2.75) is 84.5 Å². The number of allylic oxidation sites excluding steroid dienone is 2. The van der Waals surface area contributed by atoms with Crippen LogP contribution in [0.25, 0.3) is 0 Å². The van der Waals surface area contributed by atoms with Crippen LogP contribution in [-0.4, -0.2) is 0 Å². The van der Waals surface area contributed by atoms with Crippen molar-refractivity contribution in [1.82, 2.24) is 0 Å². The standard InChI is InChI=1S/C15H30/c1-3-5-7-9-11-13-15-14-12-10-8-6-4-2/h9,11H,3-8,10,12-15H2,1-2H3/b11-9+. The van der Waals surface area contributed by atoms with Crippen LogP contribution in [0.2, 0.25) is 0 Å². The highest BCUT2D eigenvalue weighted by Gasteiger charge is 1.89. The minimum Gasteiger partial charge on any atom is -0.0885 e. The molecule has 0 heteroatoms. The molecule has 0 saturated heterocycles. The SMILES string of the molecule is CCCC/C=C/CCCCCCCCC. The predicted molar refractivity (Wildman–Crippen MR) is 71.3 cm³/mol. The zero-order chi connectivity index (χ0) is 11.2. The summed E-state index contributed by atoms with van der Waals surface area (Å²) < 4.78 is 0. The van der Waals surface area contributed by atoms with Crippen LogP contribution in [0.1, 0.15) is 84.5 Å². The molecule has 0 rings (SSSR count). The largest absolute Gasteiger partial charge is 0.0885 e. The molecule has 0 unspecified atom stereocenters. The molecule has 0 spiro atoms. The molecule has 0 aliphatic rings. The van der Waals surface area contributed by atoms with Gasteiger partial charge in [0.25, 0.3) is 0 Å². The van der Waals surface area contributed by atoms with Gasteiger partial charge in [0.05, 0.1) is 0 Å². The Bertz CT molecular complexity index is 124. The van der Waals surface area contributed by atoms with Crippen molar-refractivity contribution >= 4 is 0 Å². The van der Waals surface area contributed by atoms with Crippen LogP contribution in [0.4, 0.5) is 0 Å². The summed E-state index contributed by atoms with van der Waals surface area (Å²) >= 11 is 0. The van der Waals surface area contributed by atoms with Gasteiger partial charge in [-0.15, -0.1) is 0 Å². The third-order valence-corrected chi connectivity index (χ3v) is 2.87. The number of rotatable bonds is 11. The van der Waals surface area contributed by atoms with Gasteiger partial charge < -0.3 is 0 Å². The van der Waals surface area contributed by atoms with Crippen molar-refractivity contribution < 1.29 is 0 Å². The Balaban J connectivity index is 2.95. The molecule has 90 valence electrons. The third kappa shape index (κ3) is 13.7. The summed E-state index contributed by atoms with van der Waals surface area (Å²) in [7, 11) is 0.